The average Bonchev–Trinajstić information content (AvgIpc) is 3.15. The first kappa shape index (κ1) is 20.0. The first-order valence-electron chi connectivity index (χ1n) is 10.4. The summed E-state index contributed by atoms with van der Waals surface area (Å²) in [7, 11) is 0. The van der Waals surface area contributed by atoms with Gasteiger partial charge in [-0.1, -0.05) is 13.0 Å². The molecule has 0 radical (unpaired) electrons. The molecule has 0 saturated carbocycles. The molecule has 156 valence electrons. The summed E-state index contributed by atoms with van der Waals surface area (Å²) in [5.41, 5.74) is 7.07. The first-order chi connectivity index (χ1) is 14.2. The summed E-state index contributed by atoms with van der Waals surface area (Å²) in [5.74, 6) is 2.76. The molecule has 1 saturated heterocycles. The predicted octanol–water partition coefficient (Wildman–Crippen LogP) is 4.11. The zero-order valence-corrected chi connectivity index (χ0v) is 17.8. The molecule has 0 aliphatic carbocycles. The zero-order chi connectivity index (χ0) is 20.1. The second kappa shape index (κ2) is 9.50. The molecule has 2 aromatic rings. The molecule has 29 heavy (non-hydrogen) atoms. The van der Waals surface area contributed by atoms with Crippen molar-refractivity contribution in [2.45, 2.75) is 32.2 Å². The highest BCUT2D eigenvalue weighted by Gasteiger charge is 2.25. The van der Waals surface area contributed by atoms with Gasteiger partial charge in [0, 0.05) is 23.1 Å². The number of piperidine rings is 1. The number of nitrogens with zero attached hydrogens (tertiary/aromatic N) is 2. The van der Waals surface area contributed by atoms with Crippen molar-refractivity contribution in [3.63, 3.8) is 0 Å². The van der Waals surface area contributed by atoms with Crippen LogP contribution in [0.1, 0.15) is 37.1 Å². The van der Waals surface area contributed by atoms with E-state index in [0.717, 1.165) is 42.6 Å². The maximum Gasteiger partial charge on any atom is 0.193 e. The third-order valence-corrected chi connectivity index (χ3v) is 6.56. The first-order valence-corrected chi connectivity index (χ1v) is 11.3. The van der Waals surface area contributed by atoms with Crippen LogP contribution >= 0.6 is 11.3 Å². The summed E-state index contributed by atoms with van der Waals surface area (Å²) in [6, 6.07) is 10.4. The van der Waals surface area contributed by atoms with E-state index in [1.54, 1.807) is 11.3 Å². The normalized spacial score (nSPS) is 19.6. The van der Waals surface area contributed by atoms with Gasteiger partial charge >= 0.3 is 0 Å². The zero-order valence-electron chi connectivity index (χ0n) is 17.0. The highest BCUT2D eigenvalue weighted by Crippen LogP contribution is 2.32. The molecule has 3 N–H and O–H groups in total. The Kier molecular flexibility index (Phi) is 6.56. The van der Waals surface area contributed by atoms with Gasteiger partial charge in [0.05, 0.1) is 25.8 Å². The van der Waals surface area contributed by atoms with Gasteiger partial charge < -0.3 is 20.5 Å². The Hall–Kier alpha value is -2.25. The highest BCUT2D eigenvalue weighted by atomic mass is 32.1. The van der Waals surface area contributed by atoms with Crippen LogP contribution < -0.4 is 20.5 Å². The number of rotatable bonds is 5. The summed E-state index contributed by atoms with van der Waals surface area (Å²) >= 11 is 1.80. The van der Waals surface area contributed by atoms with Crippen molar-refractivity contribution in [1.82, 2.24) is 4.90 Å². The fraction of sp³-hybridized carbons (Fsp3) is 0.500. The summed E-state index contributed by atoms with van der Waals surface area (Å²) in [4.78, 5) is 8.58. The minimum absolute atomic E-state index is 0.284. The number of thiophene rings is 1. The van der Waals surface area contributed by atoms with Crippen LogP contribution in [0.5, 0.6) is 11.5 Å². The van der Waals surface area contributed by atoms with Gasteiger partial charge in [0.2, 0.25) is 0 Å². The van der Waals surface area contributed by atoms with E-state index in [0.29, 0.717) is 25.7 Å². The van der Waals surface area contributed by atoms with Crippen LogP contribution in [0.15, 0.2) is 40.7 Å². The van der Waals surface area contributed by atoms with Crippen LogP contribution in [0.4, 0.5) is 5.69 Å². The van der Waals surface area contributed by atoms with Gasteiger partial charge in [-0.15, -0.1) is 11.3 Å². The third-order valence-electron chi connectivity index (χ3n) is 5.59. The van der Waals surface area contributed by atoms with Crippen molar-refractivity contribution in [2.24, 2.45) is 16.6 Å². The second-order valence-electron chi connectivity index (χ2n) is 7.81. The van der Waals surface area contributed by atoms with Crippen LogP contribution in [0.2, 0.25) is 0 Å². The Bertz CT molecular complexity index is 816. The number of likely N-dealkylation sites (tertiary alicyclic amines) is 1. The van der Waals surface area contributed by atoms with Gasteiger partial charge in [0.25, 0.3) is 0 Å². The predicted molar refractivity (Wildman–Crippen MR) is 119 cm³/mol. The van der Waals surface area contributed by atoms with Gasteiger partial charge in [0.1, 0.15) is 0 Å². The number of guanidine groups is 1. The number of benzene rings is 1. The lowest BCUT2D eigenvalue weighted by Crippen LogP contribution is -2.37. The van der Waals surface area contributed by atoms with Crippen molar-refractivity contribution in [2.75, 3.05) is 38.2 Å². The maximum atomic E-state index is 6.22. The van der Waals surface area contributed by atoms with E-state index in [2.05, 4.69) is 39.6 Å². The third kappa shape index (κ3) is 5.22. The molecule has 1 unspecified atom stereocenters. The lowest BCUT2D eigenvalue weighted by Gasteiger charge is -2.35. The van der Waals surface area contributed by atoms with Crippen molar-refractivity contribution in [1.29, 1.82) is 0 Å². The summed E-state index contributed by atoms with van der Waals surface area (Å²) in [6.45, 7) is 6.58. The number of fused-ring (bicyclic) bond motifs is 1. The molecule has 1 aromatic carbocycles. The fourth-order valence-corrected chi connectivity index (χ4v) is 4.67. The standard InChI is InChI=1S/C22H30N4O2S/c1-16-7-9-26(10-8-16)18(21-4-2-13-29-21)15-24-22(23)25-17-5-6-19-20(14-17)28-12-3-11-27-19/h2,4-6,13-14,16,18H,3,7-12,15H2,1H3,(H3,23,24,25). The Balaban J connectivity index is 1.42. The molecule has 3 heterocycles. The Morgan fingerprint density at radius 2 is 2.03 bits per heavy atom. The van der Waals surface area contributed by atoms with E-state index in [1.165, 1.54) is 17.7 Å². The molecule has 0 amide bonds. The van der Waals surface area contributed by atoms with Gasteiger partial charge in [-0.3, -0.25) is 9.89 Å². The topological polar surface area (TPSA) is 72.1 Å². The minimum Gasteiger partial charge on any atom is -0.490 e. The molecule has 0 spiro atoms. The van der Waals surface area contributed by atoms with Crippen molar-refractivity contribution < 1.29 is 9.47 Å². The molecule has 1 atom stereocenters. The van der Waals surface area contributed by atoms with E-state index in [1.807, 2.05) is 18.2 Å². The van der Waals surface area contributed by atoms with Crippen molar-refractivity contribution >= 4 is 23.0 Å². The molecule has 6 nitrogen and oxygen atoms in total. The molecule has 4 rings (SSSR count). The second-order valence-corrected chi connectivity index (χ2v) is 8.79. The summed E-state index contributed by atoms with van der Waals surface area (Å²) in [5, 5.41) is 5.34. The van der Waals surface area contributed by atoms with E-state index in [9.17, 15) is 0 Å². The fourth-order valence-electron chi connectivity index (χ4n) is 3.82. The Morgan fingerprint density at radius 3 is 2.79 bits per heavy atom. The Morgan fingerprint density at radius 1 is 1.24 bits per heavy atom. The number of nitrogens with one attached hydrogen (secondary N) is 1. The number of hydrogen-bond donors (Lipinski definition) is 2. The highest BCUT2D eigenvalue weighted by molar-refractivity contribution is 7.10. The molecule has 1 fully saturated rings. The molecule has 2 aliphatic heterocycles. The quantitative estimate of drug-likeness (QED) is 0.569. The largest absolute Gasteiger partial charge is 0.490 e. The number of ether oxygens (including phenoxy) is 2. The van der Waals surface area contributed by atoms with Gasteiger partial charge in [-0.2, -0.15) is 0 Å². The lowest BCUT2D eigenvalue weighted by molar-refractivity contribution is 0.143. The minimum atomic E-state index is 0.284. The van der Waals surface area contributed by atoms with Crippen molar-refractivity contribution in [3.05, 3.63) is 40.6 Å². The van der Waals surface area contributed by atoms with Crippen LogP contribution in [0.25, 0.3) is 0 Å². The number of nitrogens with two attached hydrogens (primary N) is 1. The summed E-state index contributed by atoms with van der Waals surface area (Å²) in [6.07, 6.45) is 3.38. The van der Waals surface area contributed by atoms with E-state index in [-0.39, 0.29) is 6.04 Å². The maximum absolute atomic E-state index is 6.22. The lowest BCUT2D eigenvalue weighted by atomic mass is 9.97. The average molecular weight is 415 g/mol. The SMILES string of the molecule is CC1CCN(C(CN=C(N)Nc2ccc3c(c2)OCCCO3)c2cccs2)CC1. The smallest absolute Gasteiger partial charge is 0.193 e. The summed E-state index contributed by atoms with van der Waals surface area (Å²) < 4.78 is 11.4. The van der Waals surface area contributed by atoms with Crippen LogP contribution in [0.3, 0.4) is 0 Å². The molecular formula is C22H30N4O2S. The molecule has 1 aromatic heterocycles. The Labute approximate surface area is 176 Å². The van der Waals surface area contributed by atoms with E-state index in [4.69, 9.17) is 15.2 Å². The van der Waals surface area contributed by atoms with Crippen LogP contribution in [-0.4, -0.2) is 43.7 Å². The van der Waals surface area contributed by atoms with Crippen LogP contribution in [0, 0.1) is 5.92 Å². The van der Waals surface area contributed by atoms with E-state index >= 15 is 0 Å². The molecule has 0 bridgehead atoms. The molecule has 2 aliphatic rings. The van der Waals surface area contributed by atoms with Crippen molar-refractivity contribution in [3.8, 4) is 11.5 Å². The van der Waals surface area contributed by atoms with E-state index < -0.39 is 0 Å². The number of hydrogen-bond acceptors (Lipinski definition) is 5. The monoisotopic (exact) mass is 414 g/mol. The molecule has 7 heteroatoms. The number of anilines is 1. The van der Waals surface area contributed by atoms with Gasteiger partial charge in [-0.25, -0.2) is 0 Å². The molecular weight excluding hydrogens is 384 g/mol. The van der Waals surface area contributed by atoms with Gasteiger partial charge in [-0.05, 0) is 55.4 Å². The van der Waals surface area contributed by atoms with Gasteiger partial charge in [0.15, 0.2) is 17.5 Å². The number of aliphatic imine (C=N–C) groups is 1. The van der Waals surface area contributed by atoms with Crippen LogP contribution in [-0.2, 0) is 0 Å².